The van der Waals surface area contributed by atoms with Gasteiger partial charge >= 0.3 is 0 Å². The summed E-state index contributed by atoms with van der Waals surface area (Å²) in [5.74, 6) is -0.216. The third-order valence-corrected chi connectivity index (χ3v) is 2.35. The van der Waals surface area contributed by atoms with Gasteiger partial charge in [0.25, 0.3) is 5.91 Å². The molecule has 4 heteroatoms. The molecule has 1 unspecified atom stereocenters. The molecule has 0 spiro atoms. The van der Waals surface area contributed by atoms with Gasteiger partial charge in [0, 0.05) is 5.56 Å². The van der Waals surface area contributed by atoms with E-state index in [-0.39, 0.29) is 5.91 Å². The van der Waals surface area contributed by atoms with Crippen LogP contribution in [-0.4, -0.2) is 17.5 Å². The predicted molar refractivity (Wildman–Crippen MR) is 56.8 cm³/mol. The Morgan fingerprint density at radius 1 is 1.50 bits per heavy atom. The molecule has 1 aromatic rings. The molecule has 0 saturated carbocycles. The van der Waals surface area contributed by atoms with E-state index in [0.29, 0.717) is 5.56 Å². The smallest absolute Gasteiger partial charge is 0.252 e. The molecule has 0 aliphatic heterocycles. The standard InChI is InChI=1S/C10H10N2OS/c1-14-9(7-11)12-10(13)8-5-3-2-4-6-8/h2-6,9H,1H3,(H,12,13). The largest absolute Gasteiger partial charge is 0.328 e. The van der Waals surface area contributed by atoms with Crippen molar-refractivity contribution in [1.29, 1.82) is 5.26 Å². The molecular formula is C10H10N2OS. The molecule has 0 fully saturated rings. The van der Waals surface area contributed by atoms with Crippen molar-refractivity contribution in [2.45, 2.75) is 5.37 Å². The molecule has 0 aromatic heterocycles. The number of nitriles is 1. The van der Waals surface area contributed by atoms with Crippen LogP contribution < -0.4 is 5.32 Å². The summed E-state index contributed by atoms with van der Waals surface area (Å²) in [7, 11) is 0. The highest BCUT2D eigenvalue weighted by Gasteiger charge is 2.10. The highest BCUT2D eigenvalue weighted by Crippen LogP contribution is 2.04. The first-order chi connectivity index (χ1) is 6.77. The summed E-state index contributed by atoms with van der Waals surface area (Å²) in [6, 6.07) is 10.8. The Hall–Kier alpha value is -1.47. The van der Waals surface area contributed by atoms with Crippen LogP contribution in [0.5, 0.6) is 0 Å². The fraction of sp³-hybridized carbons (Fsp3) is 0.200. The Balaban J connectivity index is 2.64. The van der Waals surface area contributed by atoms with E-state index in [1.54, 1.807) is 30.5 Å². The maximum atomic E-state index is 11.5. The van der Waals surface area contributed by atoms with E-state index in [4.69, 9.17) is 5.26 Å². The zero-order chi connectivity index (χ0) is 10.4. The van der Waals surface area contributed by atoms with Gasteiger partial charge in [-0.05, 0) is 18.4 Å². The summed E-state index contributed by atoms with van der Waals surface area (Å²) < 4.78 is 0. The van der Waals surface area contributed by atoms with E-state index in [0.717, 1.165) is 0 Å². The van der Waals surface area contributed by atoms with Gasteiger partial charge in [-0.1, -0.05) is 18.2 Å². The van der Waals surface area contributed by atoms with Crippen molar-refractivity contribution in [3.8, 4) is 6.07 Å². The quantitative estimate of drug-likeness (QED) is 0.765. The van der Waals surface area contributed by atoms with Gasteiger partial charge in [0.2, 0.25) is 0 Å². The lowest BCUT2D eigenvalue weighted by Gasteiger charge is -2.07. The Morgan fingerprint density at radius 2 is 2.14 bits per heavy atom. The maximum absolute atomic E-state index is 11.5. The van der Waals surface area contributed by atoms with Gasteiger partial charge in [0.1, 0.15) is 0 Å². The van der Waals surface area contributed by atoms with Crippen LogP contribution in [0, 0.1) is 11.3 Å². The van der Waals surface area contributed by atoms with Crippen LogP contribution in [0.2, 0.25) is 0 Å². The molecule has 1 amide bonds. The SMILES string of the molecule is CSC(C#N)NC(=O)c1ccccc1. The van der Waals surface area contributed by atoms with Gasteiger partial charge in [-0.15, -0.1) is 11.8 Å². The summed E-state index contributed by atoms with van der Waals surface area (Å²) in [6.07, 6.45) is 1.78. The lowest BCUT2D eigenvalue weighted by Crippen LogP contribution is -2.31. The third-order valence-electron chi connectivity index (χ3n) is 1.65. The molecule has 0 saturated heterocycles. The van der Waals surface area contributed by atoms with Crippen molar-refractivity contribution in [2.75, 3.05) is 6.26 Å². The average molecular weight is 206 g/mol. The Morgan fingerprint density at radius 3 is 2.64 bits per heavy atom. The molecule has 1 aromatic carbocycles. The molecule has 14 heavy (non-hydrogen) atoms. The summed E-state index contributed by atoms with van der Waals surface area (Å²) in [5.41, 5.74) is 0.571. The number of benzene rings is 1. The van der Waals surface area contributed by atoms with Gasteiger partial charge in [-0.25, -0.2) is 0 Å². The van der Waals surface area contributed by atoms with Gasteiger partial charge in [-0.2, -0.15) is 5.26 Å². The first kappa shape index (κ1) is 10.6. The normalized spacial score (nSPS) is 11.4. The fourth-order valence-electron chi connectivity index (χ4n) is 0.936. The molecule has 0 heterocycles. The molecule has 0 bridgehead atoms. The molecule has 1 atom stereocenters. The Bertz CT molecular complexity index is 345. The molecule has 1 rings (SSSR count). The number of hydrogen-bond donors (Lipinski definition) is 1. The van der Waals surface area contributed by atoms with Gasteiger partial charge < -0.3 is 5.32 Å². The van der Waals surface area contributed by atoms with Crippen LogP contribution in [0.1, 0.15) is 10.4 Å². The van der Waals surface area contributed by atoms with E-state index in [2.05, 4.69) is 5.32 Å². The van der Waals surface area contributed by atoms with Crippen LogP contribution in [-0.2, 0) is 0 Å². The maximum Gasteiger partial charge on any atom is 0.252 e. The Kier molecular flexibility index (Phi) is 4.02. The number of hydrogen-bond acceptors (Lipinski definition) is 3. The second kappa shape index (κ2) is 5.30. The van der Waals surface area contributed by atoms with Crippen molar-refractivity contribution < 1.29 is 4.79 Å². The topological polar surface area (TPSA) is 52.9 Å². The number of carbonyl (C=O) groups excluding carboxylic acids is 1. The first-order valence-corrected chi connectivity index (χ1v) is 5.35. The number of carbonyl (C=O) groups is 1. The number of nitrogens with one attached hydrogen (secondary N) is 1. The van der Waals surface area contributed by atoms with Crippen molar-refractivity contribution in [3.63, 3.8) is 0 Å². The zero-order valence-corrected chi connectivity index (χ0v) is 8.54. The number of amides is 1. The zero-order valence-electron chi connectivity index (χ0n) is 7.73. The molecule has 0 aliphatic rings. The summed E-state index contributed by atoms with van der Waals surface area (Å²) in [6.45, 7) is 0. The lowest BCUT2D eigenvalue weighted by molar-refractivity contribution is 0.0955. The van der Waals surface area contributed by atoms with Crippen molar-refractivity contribution >= 4 is 17.7 Å². The highest BCUT2D eigenvalue weighted by atomic mass is 32.2. The van der Waals surface area contributed by atoms with E-state index in [9.17, 15) is 4.79 Å². The number of nitrogens with zero attached hydrogens (tertiary/aromatic N) is 1. The summed E-state index contributed by atoms with van der Waals surface area (Å²) >= 11 is 1.30. The van der Waals surface area contributed by atoms with Gasteiger partial charge in [0.15, 0.2) is 5.37 Å². The van der Waals surface area contributed by atoms with E-state index in [1.165, 1.54) is 11.8 Å². The van der Waals surface area contributed by atoms with Crippen molar-refractivity contribution in [3.05, 3.63) is 35.9 Å². The summed E-state index contributed by atoms with van der Waals surface area (Å²) in [4.78, 5) is 11.5. The third kappa shape index (κ3) is 2.79. The van der Waals surface area contributed by atoms with Gasteiger partial charge in [0.05, 0.1) is 6.07 Å². The van der Waals surface area contributed by atoms with Crippen LogP contribution in [0.25, 0.3) is 0 Å². The number of rotatable bonds is 3. The summed E-state index contributed by atoms with van der Waals surface area (Å²) in [5, 5.41) is 10.7. The molecule has 0 aliphatic carbocycles. The minimum atomic E-state index is -0.484. The van der Waals surface area contributed by atoms with Crippen LogP contribution in [0.15, 0.2) is 30.3 Å². The van der Waals surface area contributed by atoms with E-state index < -0.39 is 5.37 Å². The molecule has 1 N–H and O–H groups in total. The average Bonchev–Trinajstić information content (AvgIpc) is 2.26. The number of thioether (sulfide) groups is 1. The second-order valence-electron chi connectivity index (χ2n) is 2.58. The molecule has 0 radical (unpaired) electrons. The fourth-order valence-corrected chi connectivity index (χ4v) is 1.27. The van der Waals surface area contributed by atoms with E-state index >= 15 is 0 Å². The molecular weight excluding hydrogens is 196 g/mol. The predicted octanol–water partition coefficient (Wildman–Crippen LogP) is 1.63. The minimum Gasteiger partial charge on any atom is -0.328 e. The van der Waals surface area contributed by atoms with Crippen molar-refractivity contribution in [1.82, 2.24) is 5.32 Å². The van der Waals surface area contributed by atoms with Gasteiger partial charge in [-0.3, -0.25) is 4.79 Å². The highest BCUT2D eigenvalue weighted by molar-refractivity contribution is 7.99. The van der Waals surface area contributed by atoms with Crippen LogP contribution in [0.4, 0.5) is 0 Å². The monoisotopic (exact) mass is 206 g/mol. The first-order valence-electron chi connectivity index (χ1n) is 4.06. The second-order valence-corrected chi connectivity index (χ2v) is 3.53. The molecule has 72 valence electrons. The van der Waals surface area contributed by atoms with Crippen LogP contribution >= 0.6 is 11.8 Å². The lowest BCUT2D eigenvalue weighted by atomic mass is 10.2. The van der Waals surface area contributed by atoms with E-state index in [1.807, 2.05) is 12.1 Å². The Labute approximate surface area is 87.1 Å². The van der Waals surface area contributed by atoms with Crippen LogP contribution in [0.3, 0.4) is 0 Å². The van der Waals surface area contributed by atoms with Crippen molar-refractivity contribution in [2.24, 2.45) is 0 Å². The minimum absolute atomic E-state index is 0.216. The molecule has 3 nitrogen and oxygen atoms in total.